The minimum absolute atomic E-state index is 0.0369. The number of carbonyl (C=O) groups is 1. The lowest BCUT2D eigenvalue weighted by molar-refractivity contribution is -0.118. The van der Waals surface area contributed by atoms with Crippen LogP contribution in [-0.4, -0.2) is 50.1 Å². The summed E-state index contributed by atoms with van der Waals surface area (Å²) >= 11 is 0. The number of carbonyl (C=O) groups excluding carboxylic acids is 1. The molecule has 10 heteroatoms. The molecule has 1 aliphatic carbocycles. The molecule has 0 spiro atoms. The lowest BCUT2D eigenvalue weighted by Crippen LogP contribution is -2.39. The van der Waals surface area contributed by atoms with Gasteiger partial charge >= 0.3 is 0 Å². The van der Waals surface area contributed by atoms with Crippen molar-refractivity contribution in [1.82, 2.24) is 14.7 Å². The lowest BCUT2D eigenvalue weighted by Gasteiger charge is -2.29. The largest absolute Gasteiger partial charge is 0.480 e. The Bertz CT molecular complexity index is 1150. The van der Waals surface area contributed by atoms with Gasteiger partial charge in [-0.2, -0.15) is 4.98 Å². The highest BCUT2D eigenvalue weighted by atomic mass is 32.2. The Kier molecular flexibility index (Phi) is 5.50. The number of sulfonamides is 1. The summed E-state index contributed by atoms with van der Waals surface area (Å²) in [6, 6.07) is 3.33. The number of amides is 1. The molecule has 1 saturated carbocycles. The van der Waals surface area contributed by atoms with Crippen LogP contribution >= 0.6 is 0 Å². The molecular formula is C22H26N4O5S. The molecule has 0 radical (unpaired) electrons. The van der Waals surface area contributed by atoms with Gasteiger partial charge in [0.25, 0.3) is 0 Å². The fraction of sp³-hybridized carbons (Fsp3) is 0.500. The first-order valence-electron chi connectivity index (χ1n) is 10.9. The molecule has 0 bridgehead atoms. The second kappa shape index (κ2) is 8.32. The minimum Gasteiger partial charge on any atom is -0.480 e. The monoisotopic (exact) mass is 458 g/mol. The molecule has 5 rings (SSSR count). The predicted molar refractivity (Wildman–Crippen MR) is 116 cm³/mol. The SMILES string of the molecule is COc1cncc(OC2CCC(NS(=O)(=O)c3cc4c5c(c3)CCN5C(=O)CC4)CC2)n1. The molecule has 0 atom stereocenters. The summed E-state index contributed by atoms with van der Waals surface area (Å²) in [5.74, 6) is 0.932. The van der Waals surface area contributed by atoms with Crippen molar-refractivity contribution in [1.29, 1.82) is 0 Å². The van der Waals surface area contributed by atoms with Crippen molar-refractivity contribution in [2.75, 3.05) is 18.6 Å². The molecule has 2 aliphatic heterocycles. The van der Waals surface area contributed by atoms with Gasteiger partial charge in [0.15, 0.2) is 0 Å². The maximum absolute atomic E-state index is 13.1. The van der Waals surface area contributed by atoms with Gasteiger partial charge in [-0.1, -0.05) is 0 Å². The molecule has 1 aromatic carbocycles. The highest BCUT2D eigenvalue weighted by Gasteiger charge is 2.34. The van der Waals surface area contributed by atoms with Gasteiger partial charge in [0.05, 0.1) is 30.1 Å². The molecule has 1 aromatic heterocycles. The zero-order valence-corrected chi connectivity index (χ0v) is 18.7. The van der Waals surface area contributed by atoms with E-state index in [1.807, 2.05) is 0 Å². The number of hydrogen-bond acceptors (Lipinski definition) is 7. The van der Waals surface area contributed by atoms with E-state index in [1.165, 1.54) is 13.3 Å². The smallest absolute Gasteiger partial charge is 0.240 e. The van der Waals surface area contributed by atoms with Crippen LogP contribution in [0.25, 0.3) is 0 Å². The standard InChI is InChI=1S/C22H26N4O5S/c1-30-19-12-23-13-20(24-19)31-17-5-3-16(4-6-17)25-32(28,29)18-10-14-2-7-21(27)26-9-8-15(11-18)22(14)26/h10-13,16-17,25H,2-9H2,1H3. The summed E-state index contributed by atoms with van der Waals surface area (Å²) in [5, 5.41) is 0. The van der Waals surface area contributed by atoms with Gasteiger partial charge in [0, 0.05) is 19.0 Å². The van der Waals surface area contributed by atoms with E-state index in [2.05, 4.69) is 14.7 Å². The van der Waals surface area contributed by atoms with E-state index < -0.39 is 10.0 Å². The molecule has 0 saturated heterocycles. The number of aryl methyl sites for hydroxylation is 1. The number of methoxy groups -OCH3 is 1. The number of nitrogens with one attached hydrogen (secondary N) is 1. The Balaban J connectivity index is 1.23. The maximum Gasteiger partial charge on any atom is 0.240 e. The van der Waals surface area contributed by atoms with E-state index >= 15 is 0 Å². The first-order valence-corrected chi connectivity index (χ1v) is 12.4. The van der Waals surface area contributed by atoms with Crippen LogP contribution in [0, 0.1) is 0 Å². The number of anilines is 1. The van der Waals surface area contributed by atoms with E-state index in [9.17, 15) is 13.2 Å². The highest BCUT2D eigenvalue weighted by Crippen LogP contribution is 2.38. The topological polar surface area (TPSA) is 111 Å². The van der Waals surface area contributed by atoms with Gasteiger partial charge < -0.3 is 14.4 Å². The second-order valence-corrected chi connectivity index (χ2v) is 10.2. The van der Waals surface area contributed by atoms with E-state index in [1.54, 1.807) is 23.2 Å². The quantitative estimate of drug-likeness (QED) is 0.705. The van der Waals surface area contributed by atoms with Crippen LogP contribution in [0.2, 0.25) is 0 Å². The van der Waals surface area contributed by atoms with Crippen LogP contribution < -0.4 is 19.1 Å². The zero-order valence-electron chi connectivity index (χ0n) is 17.9. The van der Waals surface area contributed by atoms with Crippen LogP contribution in [-0.2, 0) is 27.7 Å². The number of ether oxygens (including phenoxy) is 2. The van der Waals surface area contributed by atoms with E-state index in [0.29, 0.717) is 55.3 Å². The van der Waals surface area contributed by atoms with Crippen molar-refractivity contribution in [2.24, 2.45) is 0 Å². The van der Waals surface area contributed by atoms with Crippen molar-refractivity contribution in [3.05, 3.63) is 35.7 Å². The maximum atomic E-state index is 13.1. The summed E-state index contributed by atoms with van der Waals surface area (Å²) in [6.45, 7) is 0.639. The average molecular weight is 459 g/mol. The Morgan fingerprint density at radius 2 is 1.75 bits per heavy atom. The summed E-state index contributed by atoms with van der Waals surface area (Å²) in [4.78, 5) is 22.5. The second-order valence-electron chi connectivity index (χ2n) is 8.50. The van der Waals surface area contributed by atoms with Crippen molar-refractivity contribution < 1.29 is 22.7 Å². The minimum atomic E-state index is -3.64. The first kappa shape index (κ1) is 21.1. The molecule has 3 heterocycles. The number of nitrogens with zero attached hydrogens (tertiary/aromatic N) is 3. The molecule has 1 amide bonds. The third kappa shape index (κ3) is 4.04. The molecular weight excluding hydrogens is 432 g/mol. The van der Waals surface area contributed by atoms with Gasteiger partial charge in [0.1, 0.15) is 6.10 Å². The van der Waals surface area contributed by atoms with Crippen LogP contribution in [0.5, 0.6) is 11.8 Å². The van der Waals surface area contributed by atoms with E-state index in [-0.39, 0.29) is 18.1 Å². The normalized spacial score (nSPS) is 22.5. The number of benzene rings is 1. The Morgan fingerprint density at radius 3 is 2.50 bits per heavy atom. The zero-order chi connectivity index (χ0) is 22.3. The molecule has 2 aromatic rings. The number of rotatable bonds is 6. The molecule has 1 N–H and O–H groups in total. The predicted octanol–water partition coefficient (Wildman–Crippen LogP) is 1.99. The average Bonchev–Trinajstić information content (AvgIpc) is 3.23. The van der Waals surface area contributed by atoms with Crippen molar-refractivity contribution >= 4 is 21.6 Å². The van der Waals surface area contributed by atoms with Crippen LogP contribution in [0.1, 0.15) is 43.2 Å². The number of hydrogen-bond donors (Lipinski definition) is 1. The van der Waals surface area contributed by atoms with Gasteiger partial charge in [0.2, 0.25) is 27.7 Å². The summed E-state index contributed by atoms with van der Waals surface area (Å²) in [6.07, 6.45) is 7.56. The summed E-state index contributed by atoms with van der Waals surface area (Å²) in [7, 11) is -2.12. The van der Waals surface area contributed by atoms with Gasteiger partial charge in [-0.3, -0.25) is 9.78 Å². The molecule has 32 heavy (non-hydrogen) atoms. The van der Waals surface area contributed by atoms with E-state index in [0.717, 1.165) is 29.7 Å². The fourth-order valence-corrected chi connectivity index (χ4v) is 6.23. The Hall–Kier alpha value is -2.72. The third-order valence-electron chi connectivity index (χ3n) is 6.42. The van der Waals surface area contributed by atoms with Crippen LogP contribution in [0.4, 0.5) is 5.69 Å². The van der Waals surface area contributed by atoms with Gasteiger partial charge in [-0.05, 0) is 61.8 Å². The summed E-state index contributed by atoms with van der Waals surface area (Å²) in [5.41, 5.74) is 2.84. The highest BCUT2D eigenvalue weighted by molar-refractivity contribution is 7.89. The van der Waals surface area contributed by atoms with Crippen molar-refractivity contribution in [2.45, 2.75) is 62.0 Å². The summed E-state index contributed by atoms with van der Waals surface area (Å²) < 4.78 is 40.1. The third-order valence-corrected chi connectivity index (χ3v) is 7.92. The first-order chi connectivity index (χ1) is 15.4. The van der Waals surface area contributed by atoms with Crippen molar-refractivity contribution in [3.8, 4) is 11.8 Å². The lowest BCUT2D eigenvalue weighted by atomic mass is 9.94. The van der Waals surface area contributed by atoms with Gasteiger partial charge in [-0.25, -0.2) is 13.1 Å². The van der Waals surface area contributed by atoms with Crippen LogP contribution in [0.3, 0.4) is 0 Å². The molecule has 3 aliphatic rings. The van der Waals surface area contributed by atoms with Gasteiger partial charge in [-0.15, -0.1) is 0 Å². The van der Waals surface area contributed by atoms with E-state index in [4.69, 9.17) is 9.47 Å². The molecule has 9 nitrogen and oxygen atoms in total. The fourth-order valence-electron chi connectivity index (χ4n) is 4.82. The molecule has 170 valence electrons. The van der Waals surface area contributed by atoms with Crippen LogP contribution in [0.15, 0.2) is 29.4 Å². The molecule has 0 unspecified atom stereocenters. The molecule has 1 fully saturated rings. The van der Waals surface area contributed by atoms with Crippen molar-refractivity contribution in [3.63, 3.8) is 0 Å². The Morgan fingerprint density at radius 1 is 1.03 bits per heavy atom. The Labute approximate surface area is 187 Å². The number of aromatic nitrogens is 2.